The SMILES string of the molecule is CCC[C@@H](c1c(F)ccc(Br)c1F)N1CCNCC1.Cl.Cl. The summed E-state index contributed by atoms with van der Waals surface area (Å²) in [5.41, 5.74) is 0.207. The van der Waals surface area contributed by atoms with E-state index in [9.17, 15) is 8.78 Å². The zero-order valence-electron chi connectivity index (χ0n) is 11.9. The quantitative estimate of drug-likeness (QED) is 0.750. The van der Waals surface area contributed by atoms with E-state index in [0.717, 1.165) is 39.0 Å². The van der Waals surface area contributed by atoms with Gasteiger partial charge in [-0.2, -0.15) is 0 Å². The lowest BCUT2D eigenvalue weighted by Gasteiger charge is -2.35. The van der Waals surface area contributed by atoms with Gasteiger partial charge >= 0.3 is 0 Å². The van der Waals surface area contributed by atoms with Crippen LogP contribution in [0.4, 0.5) is 8.78 Å². The molecule has 0 amide bonds. The molecule has 1 aromatic carbocycles. The Labute approximate surface area is 145 Å². The highest BCUT2D eigenvalue weighted by molar-refractivity contribution is 9.10. The van der Waals surface area contributed by atoms with E-state index < -0.39 is 11.6 Å². The first kappa shape index (κ1) is 21.1. The van der Waals surface area contributed by atoms with Crippen molar-refractivity contribution in [2.75, 3.05) is 26.2 Å². The first-order chi connectivity index (χ1) is 9.15. The molecular weight excluding hydrogens is 385 g/mol. The fourth-order valence-corrected chi connectivity index (χ4v) is 2.97. The van der Waals surface area contributed by atoms with E-state index in [-0.39, 0.29) is 36.4 Å². The highest BCUT2D eigenvalue weighted by atomic mass is 79.9. The van der Waals surface area contributed by atoms with Gasteiger partial charge in [-0.25, -0.2) is 8.78 Å². The summed E-state index contributed by atoms with van der Waals surface area (Å²) in [5, 5.41) is 3.27. The molecule has 1 N–H and O–H groups in total. The summed E-state index contributed by atoms with van der Waals surface area (Å²) in [6, 6.07) is 2.59. The van der Waals surface area contributed by atoms with Gasteiger partial charge in [0.05, 0.1) is 4.47 Å². The number of rotatable bonds is 4. The van der Waals surface area contributed by atoms with Gasteiger partial charge in [-0.05, 0) is 34.5 Å². The zero-order valence-corrected chi connectivity index (χ0v) is 15.1. The molecule has 1 saturated heterocycles. The molecule has 1 aliphatic rings. The fourth-order valence-electron chi connectivity index (χ4n) is 2.62. The lowest BCUT2D eigenvalue weighted by atomic mass is 9.98. The second-order valence-electron chi connectivity index (χ2n) is 4.85. The fraction of sp³-hybridized carbons (Fsp3) is 0.571. The van der Waals surface area contributed by atoms with Crippen molar-refractivity contribution < 1.29 is 8.78 Å². The third-order valence-corrected chi connectivity index (χ3v) is 4.18. The third-order valence-electron chi connectivity index (χ3n) is 3.57. The van der Waals surface area contributed by atoms with Crippen LogP contribution in [0.25, 0.3) is 0 Å². The number of piperazine rings is 1. The normalized spacial score (nSPS) is 16.8. The Morgan fingerprint density at radius 3 is 2.43 bits per heavy atom. The van der Waals surface area contributed by atoms with Crippen molar-refractivity contribution in [1.82, 2.24) is 10.2 Å². The van der Waals surface area contributed by atoms with E-state index in [4.69, 9.17) is 0 Å². The summed E-state index contributed by atoms with van der Waals surface area (Å²) in [7, 11) is 0. The van der Waals surface area contributed by atoms with Crippen molar-refractivity contribution >= 4 is 40.7 Å². The van der Waals surface area contributed by atoms with Crippen molar-refractivity contribution in [2.45, 2.75) is 25.8 Å². The van der Waals surface area contributed by atoms with Gasteiger partial charge in [-0.3, -0.25) is 4.90 Å². The number of nitrogens with zero attached hydrogens (tertiary/aromatic N) is 1. The molecule has 1 fully saturated rings. The van der Waals surface area contributed by atoms with Crippen LogP contribution in [0.3, 0.4) is 0 Å². The van der Waals surface area contributed by atoms with Crippen LogP contribution in [0.1, 0.15) is 31.4 Å². The van der Waals surface area contributed by atoms with Crippen LogP contribution in [0.5, 0.6) is 0 Å². The predicted octanol–water partition coefficient (Wildman–Crippen LogP) is 4.32. The smallest absolute Gasteiger partial charge is 0.145 e. The Balaban J connectivity index is 0.00000200. The molecule has 2 nitrogen and oxygen atoms in total. The minimum Gasteiger partial charge on any atom is -0.314 e. The molecular formula is C14H21BrCl2F2N2. The molecule has 21 heavy (non-hydrogen) atoms. The van der Waals surface area contributed by atoms with Gasteiger partial charge in [0.1, 0.15) is 11.6 Å². The molecule has 1 aromatic rings. The summed E-state index contributed by atoms with van der Waals surface area (Å²) >= 11 is 3.15. The van der Waals surface area contributed by atoms with Crippen molar-refractivity contribution in [3.8, 4) is 0 Å². The average Bonchev–Trinajstić information content (AvgIpc) is 2.43. The maximum Gasteiger partial charge on any atom is 0.145 e. The summed E-state index contributed by atoms with van der Waals surface area (Å²) < 4.78 is 28.7. The van der Waals surface area contributed by atoms with Crippen LogP contribution in [0, 0.1) is 11.6 Å². The van der Waals surface area contributed by atoms with Gasteiger partial charge in [0.2, 0.25) is 0 Å². The van der Waals surface area contributed by atoms with Gasteiger partial charge in [-0.1, -0.05) is 13.3 Å². The first-order valence-corrected chi connectivity index (χ1v) is 7.52. The maximum absolute atomic E-state index is 14.3. The Kier molecular flexibility index (Phi) is 9.98. The third kappa shape index (κ3) is 5.03. The largest absolute Gasteiger partial charge is 0.314 e. The first-order valence-electron chi connectivity index (χ1n) is 6.73. The van der Waals surface area contributed by atoms with Crippen LogP contribution in [-0.4, -0.2) is 31.1 Å². The molecule has 0 saturated carbocycles. The molecule has 0 aliphatic carbocycles. The molecule has 0 bridgehead atoms. The molecule has 1 heterocycles. The van der Waals surface area contributed by atoms with Gasteiger partial charge in [-0.15, -0.1) is 24.8 Å². The van der Waals surface area contributed by atoms with Crippen LogP contribution in [-0.2, 0) is 0 Å². The highest BCUT2D eigenvalue weighted by Crippen LogP contribution is 2.33. The Bertz CT molecular complexity index is 443. The number of benzene rings is 1. The number of nitrogens with one attached hydrogen (secondary N) is 1. The van der Waals surface area contributed by atoms with Crippen LogP contribution >= 0.6 is 40.7 Å². The molecule has 0 aromatic heterocycles. The standard InChI is InChI=1S/C14H19BrF2N2.2ClH/c1-2-3-12(19-8-6-18-7-9-19)13-11(16)5-4-10(15)14(13)17;;/h4-5,12,18H,2-3,6-9H2,1H3;2*1H/t12-;;/m0../s1. The van der Waals surface area contributed by atoms with Crippen molar-refractivity contribution in [2.24, 2.45) is 0 Å². The summed E-state index contributed by atoms with van der Waals surface area (Å²) in [6.07, 6.45) is 1.67. The minimum absolute atomic E-state index is 0. The lowest BCUT2D eigenvalue weighted by Crippen LogP contribution is -2.45. The molecule has 1 atom stereocenters. The Morgan fingerprint density at radius 1 is 1.24 bits per heavy atom. The van der Waals surface area contributed by atoms with Gasteiger partial charge in [0.25, 0.3) is 0 Å². The number of hydrogen-bond acceptors (Lipinski definition) is 2. The maximum atomic E-state index is 14.3. The topological polar surface area (TPSA) is 15.3 Å². The Morgan fingerprint density at radius 2 is 1.86 bits per heavy atom. The van der Waals surface area contributed by atoms with Crippen LogP contribution in [0.15, 0.2) is 16.6 Å². The summed E-state index contributed by atoms with van der Waals surface area (Å²) in [6.45, 7) is 5.45. The van der Waals surface area contributed by atoms with Crippen LogP contribution in [0.2, 0.25) is 0 Å². The molecule has 0 unspecified atom stereocenters. The minimum atomic E-state index is -0.461. The Hall–Kier alpha value is 0.0600. The molecule has 2 rings (SSSR count). The van der Waals surface area contributed by atoms with E-state index >= 15 is 0 Å². The summed E-state index contributed by atoms with van der Waals surface area (Å²) in [5.74, 6) is -0.908. The molecule has 0 spiro atoms. The van der Waals surface area contributed by atoms with Crippen molar-refractivity contribution in [3.05, 3.63) is 33.8 Å². The second-order valence-corrected chi connectivity index (χ2v) is 5.70. The van der Waals surface area contributed by atoms with Crippen molar-refractivity contribution in [3.63, 3.8) is 0 Å². The molecule has 7 heteroatoms. The molecule has 122 valence electrons. The second kappa shape index (κ2) is 9.95. The van der Waals surface area contributed by atoms with E-state index in [0.29, 0.717) is 4.47 Å². The molecule has 0 radical (unpaired) electrons. The number of hydrogen-bond donors (Lipinski definition) is 1. The summed E-state index contributed by atoms with van der Waals surface area (Å²) in [4.78, 5) is 2.17. The average molecular weight is 406 g/mol. The van der Waals surface area contributed by atoms with E-state index in [1.165, 1.54) is 12.1 Å². The monoisotopic (exact) mass is 404 g/mol. The van der Waals surface area contributed by atoms with E-state index in [1.807, 2.05) is 6.92 Å². The van der Waals surface area contributed by atoms with Gasteiger partial charge in [0, 0.05) is 37.8 Å². The van der Waals surface area contributed by atoms with E-state index in [1.54, 1.807) is 0 Å². The van der Waals surface area contributed by atoms with E-state index in [2.05, 4.69) is 26.1 Å². The van der Waals surface area contributed by atoms with Gasteiger partial charge < -0.3 is 5.32 Å². The van der Waals surface area contributed by atoms with Crippen molar-refractivity contribution in [1.29, 1.82) is 0 Å². The lowest BCUT2D eigenvalue weighted by molar-refractivity contribution is 0.158. The van der Waals surface area contributed by atoms with Gasteiger partial charge in [0.15, 0.2) is 0 Å². The highest BCUT2D eigenvalue weighted by Gasteiger charge is 2.27. The number of halogens is 5. The van der Waals surface area contributed by atoms with Crippen LogP contribution < -0.4 is 5.32 Å². The predicted molar refractivity (Wildman–Crippen MR) is 90.6 cm³/mol. The molecule has 1 aliphatic heterocycles. The zero-order chi connectivity index (χ0) is 13.8.